The van der Waals surface area contributed by atoms with Crippen molar-refractivity contribution < 1.29 is 4.79 Å². The predicted octanol–water partition coefficient (Wildman–Crippen LogP) is 1.23. The van der Waals surface area contributed by atoms with Gasteiger partial charge in [0.15, 0.2) is 0 Å². The first-order valence-electron chi connectivity index (χ1n) is 4.58. The van der Waals surface area contributed by atoms with Crippen molar-refractivity contribution in [2.45, 2.75) is 13.0 Å². The van der Waals surface area contributed by atoms with Gasteiger partial charge in [-0.25, -0.2) is 0 Å². The Morgan fingerprint density at radius 2 is 2.27 bits per heavy atom. The van der Waals surface area contributed by atoms with Crippen molar-refractivity contribution in [2.24, 2.45) is 0 Å². The molecule has 0 aliphatic rings. The Bertz CT molecular complexity index is 402. The summed E-state index contributed by atoms with van der Waals surface area (Å²) in [6, 6.07) is 4.63. The van der Waals surface area contributed by atoms with Crippen molar-refractivity contribution in [1.82, 2.24) is 9.88 Å². The Morgan fingerprint density at radius 3 is 2.80 bits per heavy atom. The highest BCUT2D eigenvalue weighted by Crippen LogP contribution is 2.04. The molecule has 0 aliphatic heterocycles. The Morgan fingerprint density at radius 1 is 1.60 bits per heavy atom. The van der Waals surface area contributed by atoms with Gasteiger partial charge in [-0.15, -0.1) is 0 Å². The van der Waals surface area contributed by atoms with Crippen LogP contribution in [0.1, 0.15) is 17.4 Å². The third-order valence-electron chi connectivity index (χ3n) is 2.20. The van der Waals surface area contributed by atoms with Crippen molar-refractivity contribution >= 4 is 21.8 Å². The van der Waals surface area contributed by atoms with Gasteiger partial charge in [0, 0.05) is 24.5 Å². The molecule has 82 valence electrons. The van der Waals surface area contributed by atoms with Gasteiger partial charge in [0.05, 0.1) is 0 Å². The summed E-state index contributed by atoms with van der Waals surface area (Å²) < 4.78 is 0. The maximum absolute atomic E-state index is 11.8. The standard InChI is InChI=1S/C10H13BrN2O2/c1-7(6-11)13(2)10(15)8-4-3-5-9(14)12-8/h3-5,7H,6H2,1-2H3,(H,12,14). The van der Waals surface area contributed by atoms with Gasteiger partial charge in [-0.3, -0.25) is 9.59 Å². The summed E-state index contributed by atoms with van der Waals surface area (Å²) in [5.74, 6) is -0.181. The predicted molar refractivity (Wildman–Crippen MR) is 62.4 cm³/mol. The first-order valence-corrected chi connectivity index (χ1v) is 5.71. The highest BCUT2D eigenvalue weighted by atomic mass is 79.9. The summed E-state index contributed by atoms with van der Waals surface area (Å²) in [7, 11) is 1.71. The molecule has 1 N–H and O–H groups in total. The van der Waals surface area contributed by atoms with E-state index in [0.29, 0.717) is 11.0 Å². The van der Waals surface area contributed by atoms with E-state index in [1.54, 1.807) is 24.1 Å². The topological polar surface area (TPSA) is 53.2 Å². The molecule has 0 aromatic carbocycles. The molecule has 5 heteroatoms. The van der Waals surface area contributed by atoms with E-state index >= 15 is 0 Å². The zero-order valence-electron chi connectivity index (χ0n) is 8.66. The van der Waals surface area contributed by atoms with Gasteiger partial charge in [-0.05, 0) is 13.0 Å². The lowest BCUT2D eigenvalue weighted by atomic mass is 10.3. The number of amides is 1. The summed E-state index contributed by atoms with van der Waals surface area (Å²) >= 11 is 3.30. The lowest BCUT2D eigenvalue weighted by molar-refractivity contribution is 0.0752. The van der Waals surface area contributed by atoms with Gasteiger partial charge in [0.25, 0.3) is 5.91 Å². The number of halogens is 1. The second kappa shape index (κ2) is 5.11. The minimum atomic E-state index is -0.263. The molecule has 0 bridgehead atoms. The molecule has 1 unspecified atom stereocenters. The number of carbonyl (C=O) groups excluding carboxylic acids is 1. The lowest BCUT2D eigenvalue weighted by Crippen LogP contribution is -2.37. The van der Waals surface area contributed by atoms with Crippen molar-refractivity contribution in [3.63, 3.8) is 0 Å². The van der Waals surface area contributed by atoms with E-state index in [2.05, 4.69) is 20.9 Å². The van der Waals surface area contributed by atoms with Gasteiger partial charge in [0.2, 0.25) is 5.56 Å². The molecule has 0 radical (unpaired) electrons. The zero-order chi connectivity index (χ0) is 11.4. The smallest absolute Gasteiger partial charge is 0.270 e. The number of nitrogens with zero attached hydrogens (tertiary/aromatic N) is 1. The Hall–Kier alpha value is -1.10. The fourth-order valence-electron chi connectivity index (χ4n) is 1.07. The van der Waals surface area contributed by atoms with Crippen molar-refractivity contribution in [3.8, 4) is 0 Å². The number of nitrogens with one attached hydrogen (secondary N) is 1. The summed E-state index contributed by atoms with van der Waals surface area (Å²) in [6.07, 6.45) is 0. The molecule has 1 rings (SSSR count). The first kappa shape index (κ1) is 12.0. The van der Waals surface area contributed by atoms with Crippen LogP contribution in [0.15, 0.2) is 23.0 Å². The zero-order valence-corrected chi connectivity index (χ0v) is 10.2. The Labute approximate surface area is 96.4 Å². The van der Waals surface area contributed by atoms with Crippen molar-refractivity contribution in [1.29, 1.82) is 0 Å². The molecule has 4 nitrogen and oxygen atoms in total. The third-order valence-corrected chi connectivity index (χ3v) is 3.14. The molecule has 1 atom stereocenters. The molecule has 1 aromatic rings. The molecule has 0 spiro atoms. The van der Waals surface area contributed by atoms with Crippen LogP contribution in [-0.2, 0) is 0 Å². The fraction of sp³-hybridized carbons (Fsp3) is 0.400. The molecule has 0 saturated carbocycles. The van der Waals surface area contributed by atoms with Gasteiger partial charge in [0.1, 0.15) is 5.69 Å². The minimum absolute atomic E-state index is 0.0845. The molecule has 0 fully saturated rings. The summed E-state index contributed by atoms with van der Waals surface area (Å²) in [5, 5.41) is 0.701. The van der Waals surface area contributed by atoms with Crippen LogP contribution in [0, 0.1) is 0 Å². The number of hydrogen-bond acceptors (Lipinski definition) is 2. The average molecular weight is 273 g/mol. The number of alkyl halides is 1. The quantitative estimate of drug-likeness (QED) is 0.842. The number of hydrogen-bond donors (Lipinski definition) is 1. The van der Waals surface area contributed by atoms with E-state index in [4.69, 9.17) is 0 Å². The van der Waals surface area contributed by atoms with Crippen LogP contribution in [0.4, 0.5) is 0 Å². The van der Waals surface area contributed by atoms with E-state index in [1.165, 1.54) is 6.07 Å². The number of aromatic amines is 1. The molecular formula is C10H13BrN2O2. The maximum Gasteiger partial charge on any atom is 0.270 e. The minimum Gasteiger partial charge on any atom is -0.337 e. The summed E-state index contributed by atoms with van der Waals surface area (Å²) in [6.45, 7) is 1.92. The Kier molecular flexibility index (Phi) is 4.08. The largest absolute Gasteiger partial charge is 0.337 e. The van der Waals surface area contributed by atoms with Gasteiger partial charge in [-0.2, -0.15) is 0 Å². The fourth-order valence-corrected chi connectivity index (χ4v) is 1.50. The van der Waals surface area contributed by atoms with Crippen LogP contribution < -0.4 is 5.56 Å². The van der Waals surface area contributed by atoms with Crippen LogP contribution in [-0.4, -0.2) is 34.2 Å². The monoisotopic (exact) mass is 272 g/mol. The number of aromatic nitrogens is 1. The molecular weight excluding hydrogens is 260 g/mol. The highest BCUT2D eigenvalue weighted by Gasteiger charge is 2.16. The van der Waals surface area contributed by atoms with Crippen molar-refractivity contribution in [2.75, 3.05) is 12.4 Å². The van der Waals surface area contributed by atoms with Crippen LogP contribution >= 0.6 is 15.9 Å². The number of H-pyrrole nitrogens is 1. The Balaban J connectivity index is 2.90. The van der Waals surface area contributed by atoms with E-state index in [-0.39, 0.29) is 17.5 Å². The SMILES string of the molecule is CC(CBr)N(C)C(=O)c1cccc(=O)[nH]1. The second-order valence-electron chi connectivity index (χ2n) is 3.35. The lowest BCUT2D eigenvalue weighted by Gasteiger charge is -2.22. The van der Waals surface area contributed by atoms with Crippen LogP contribution in [0.2, 0.25) is 0 Å². The number of pyridine rings is 1. The van der Waals surface area contributed by atoms with Crippen LogP contribution in [0.25, 0.3) is 0 Å². The van der Waals surface area contributed by atoms with Gasteiger partial charge < -0.3 is 9.88 Å². The van der Waals surface area contributed by atoms with E-state index in [0.717, 1.165) is 0 Å². The van der Waals surface area contributed by atoms with E-state index in [9.17, 15) is 9.59 Å². The average Bonchev–Trinajstić information content (AvgIpc) is 2.26. The highest BCUT2D eigenvalue weighted by molar-refractivity contribution is 9.09. The van der Waals surface area contributed by atoms with Crippen LogP contribution in [0.5, 0.6) is 0 Å². The van der Waals surface area contributed by atoms with E-state index in [1.807, 2.05) is 6.92 Å². The van der Waals surface area contributed by atoms with Gasteiger partial charge in [-0.1, -0.05) is 22.0 Å². The molecule has 1 heterocycles. The second-order valence-corrected chi connectivity index (χ2v) is 4.00. The van der Waals surface area contributed by atoms with E-state index < -0.39 is 0 Å². The number of carbonyl (C=O) groups is 1. The third kappa shape index (κ3) is 2.92. The first-order chi connectivity index (χ1) is 7.06. The maximum atomic E-state index is 11.8. The molecule has 0 aliphatic carbocycles. The van der Waals surface area contributed by atoms with Crippen molar-refractivity contribution in [3.05, 3.63) is 34.2 Å². The molecule has 0 saturated heterocycles. The molecule has 1 aromatic heterocycles. The summed E-state index contributed by atoms with van der Waals surface area (Å²) in [4.78, 5) is 26.9. The van der Waals surface area contributed by atoms with Crippen LogP contribution in [0.3, 0.4) is 0 Å². The van der Waals surface area contributed by atoms with Gasteiger partial charge >= 0.3 is 0 Å². The molecule has 1 amide bonds. The normalized spacial score (nSPS) is 12.2. The molecule has 15 heavy (non-hydrogen) atoms. The number of rotatable bonds is 3. The summed E-state index contributed by atoms with van der Waals surface area (Å²) in [5.41, 5.74) is 0.0542.